The fraction of sp³-hybridized carbons (Fsp3) is 0.452. The molecule has 210 valence electrons. The Hall–Kier alpha value is -3.49. The number of benzene rings is 3. The second-order valence-corrected chi connectivity index (χ2v) is 11.0. The lowest BCUT2D eigenvalue weighted by molar-refractivity contribution is -0.166. The zero-order valence-corrected chi connectivity index (χ0v) is 23.2. The SMILES string of the molecule is CCC(C)(CC(C)(C)C(=O)OCC(C)O)C(=O)OCC(O)COC(=O)c1c2ccccc2cc2ccccc12. The van der Waals surface area contributed by atoms with Crippen molar-refractivity contribution in [2.24, 2.45) is 10.8 Å². The van der Waals surface area contributed by atoms with Crippen LogP contribution < -0.4 is 0 Å². The van der Waals surface area contributed by atoms with Crippen molar-refractivity contribution in [3.63, 3.8) is 0 Å². The summed E-state index contributed by atoms with van der Waals surface area (Å²) in [5, 5.41) is 23.1. The van der Waals surface area contributed by atoms with Gasteiger partial charge in [-0.05, 0) is 68.1 Å². The van der Waals surface area contributed by atoms with Crippen molar-refractivity contribution in [2.45, 2.75) is 59.7 Å². The van der Waals surface area contributed by atoms with Crippen LogP contribution in [0.4, 0.5) is 0 Å². The summed E-state index contributed by atoms with van der Waals surface area (Å²) in [5.74, 6) is -1.68. The first-order valence-electron chi connectivity index (χ1n) is 13.2. The average molecular weight is 539 g/mol. The fourth-order valence-corrected chi connectivity index (χ4v) is 4.65. The van der Waals surface area contributed by atoms with Crippen LogP contribution in [0.25, 0.3) is 21.5 Å². The van der Waals surface area contributed by atoms with Crippen LogP contribution in [0.1, 0.15) is 57.8 Å². The number of aliphatic hydroxyl groups excluding tert-OH is 2. The molecule has 8 heteroatoms. The van der Waals surface area contributed by atoms with Crippen LogP contribution in [-0.2, 0) is 23.8 Å². The molecule has 0 aliphatic carbocycles. The maximum absolute atomic E-state index is 13.1. The van der Waals surface area contributed by atoms with E-state index in [0.717, 1.165) is 21.5 Å². The molecule has 3 aromatic rings. The molecular formula is C31H38O8. The molecular weight excluding hydrogens is 500 g/mol. The van der Waals surface area contributed by atoms with E-state index >= 15 is 0 Å². The number of rotatable bonds is 12. The van der Waals surface area contributed by atoms with Gasteiger partial charge in [0.1, 0.15) is 25.9 Å². The maximum Gasteiger partial charge on any atom is 0.339 e. The molecule has 2 N–H and O–H groups in total. The van der Waals surface area contributed by atoms with E-state index in [9.17, 15) is 24.6 Å². The van der Waals surface area contributed by atoms with Gasteiger partial charge >= 0.3 is 17.9 Å². The van der Waals surface area contributed by atoms with Crippen LogP contribution in [0.3, 0.4) is 0 Å². The van der Waals surface area contributed by atoms with Crippen molar-refractivity contribution in [1.82, 2.24) is 0 Å². The monoisotopic (exact) mass is 538 g/mol. The Balaban J connectivity index is 1.62. The smallest absolute Gasteiger partial charge is 0.339 e. The topological polar surface area (TPSA) is 119 Å². The minimum absolute atomic E-state index is 0.130. The first-order chi connectivity index (χ1) is 18.4. The molecule has 0 amide bonds. The summed E-state index contributed by atoms with van der Waals surface area (Å²) in [6, 6.07) is 17.0. The maximum atomic E-state index is 13.1. The molecule has 0 fully saturated rings. The lowest BCUT2D eigenvalue weighted by atomic mass is 9.72. The van der Waals surface area contributed by atoms with Gasteiger partial charge in [-0.3, -0.25) is 9.59 Å². The fourth-order valence-electron chi connectivity index (χ4n) is 4.65. The Morgan fingerprint density at radius 3 is 1.85 bits per heavy atom. The number of carbonyl (C=O) groups excluding carboxylic acids is 3. The first-order valence-corrected chi connectivity index (χ1v) is 13.2. The van der Waals surface area contributed by atoms with Crippen molar-refractivity contribution in [3.05, 3.63) is 60.2 Å². The summed E-state index contributed by atoms with van der Waals surface area (Å²) in [7, 11) is 0. The van der Waals surface area contributed by atoms with Gasteiger partial charge in [0, 0.05) is 0 Å². The predicted molar refractivity (Wildman–Crippen MR) is 148 cm³/mol. The minimum Gasteiger partial charge on any atom is -0.463 e. The molecule has 0 bridgehead atoms. The van der Waals surface area contributed by atoms with Gasteiger partial charge in [0.25, 0.3) is 0 Å². The number of aliphatic hydroxyl groups is 2. The van der Waals surface area contributed by atoms with Crippen molar-refractivity contribution < 1.29 is 38.8 Å². The van der Waals surface area contributed by atoms with Crippen molar-refractivity contribution in [1.29, 1.82) is 0 Å². The highest BCUT2D eigenvalue weighted by molar-refractivity contribution is 6.16. The summed E-state index contributed by atoms with van der Waals surface area (Å²) >= 11 is 0. The number of fused-ring (bicyclic) bond motifs is 2. The van der Waals surface area contributed by atoms with Crippen LogP contribution in [-0.4, -0.2) is 60.1 Å². The number of carbonyl (C=O) groups is 3. The van der Waals surface area contributed by atoms with E-state index in [2.05, 4.69) is 0 Å². The molecule has 0 aliphatic rings. The molecule has 0 heterocycles. The zero-order chi connectivity index (χ0) is 28.8. The van der Waals surface area contributed by atoms with E-state index < -0.39 is 40.9 Å². The molecule has 3 aromatic carbocycles. The highest BCUT2D eigenvalue weighted by Gasteiger charge is 2.43. The Kier molecular flexibility index (Phi) is 9.69. The Labute approximate surface area is 228 Å². The Morgan fingerprint density at radius 2 is 1.31 bits per heavy atom. The standard InChI is InChI=1S/C31H38O8/c1-6-31(5,19-30(3,4)28(35)38-16-20(2)32)29(36)39-18-23(33)17-37-27(34)26-24-13-9-7-11-21(24)15-22-12-8-10-14-25(22)26/h7-15,20,23,32-33H,6,16-19H2,1-5H3. The molecule has 0 saturated heterocycles. The lowest BCUT2D eigenvalue weighted by Crippen LogP contribution is -2.40. The van der Waals surface area contributed by atoms with Gasteiger partial charge in [-0.15, -0.1) is 0 Å². The largest absolute Gasteiger partial charge is 0.463 e. The van der Waals surface area contributed by atoms with Gasteiger partial charge in [0.2, 0.25) is 0 Å². The quantitative estimate of drug-likeness (QED) is 0.192. The number of ether oxygens (including phenoxy) is 3. The second kappa shape index (κ2) is 12.6. The second-order valence-electron chi connectivity index (χ2n) is 11.0. The third-order valence-corrected chi connectivity index (χ3v) is 6.90. The van der Waals surface area contributed by atoms with Gasteiger partial charge < -0.3 is 24.4 Å². The molecule has 0 aliphatic heterocycles. The number of hydrogen-bond acceptors (Lipinski definition) is 8. The molecule has 3 atom stereocenters. The minimum atomic E-state index is -1.23. The Bertz CT molecular complexity index is 1270. The van der Waals surface area contributed by atoms with Crippen LogP contribution in [0.2, 0.25) is 0 Å². The van der Waals surface area contributed by atoms with Crippen molar-refractivity contribution in [2.75, 3.05) is 19.8 Å². The zero-order valence-electron chi connectivity index (χ0n) is 23.2. The van der Waals surface area contributed by atoms with E-state index in [4.69, 9.17) is 14.2 Å². The van der Waals surface area contributed by atoms with E-state index in [-0.39, 0.29) is 26.2 Å². The van der Waals surface area contributed by atoms with Crippen LogP contribution >= 0.6 is 0 Å². The molecule has 3 rings (SSSR count). The Morgan fingerprint density at radius 1 is 0.795 bits per heavy atom. The molecule has 0 radical (unpaired) electrons. The van der Waals surface area contributed by atoms with E-state index in [0.29, 0.717) is 12.0 Å². The van der Waals surface area contributed by atoms with E-state index in [1.807, 2.05) is 61.5 Å². The predicted octanol–water partition coefficient (Wildman–Crippen LogP) is 4.81. The first kappa shape index (κ1) is 30.1. The van der Waals surface area contributed by atoms with Gasteiger partial charge in [-0.2, -0.15) is 0 Å². The van der Waals surface area contributed by atoms with Gasteiger partial charge in [-0.25, -0.2) is 4.79 Å². The van der Waals surface area contributed by atoms with E-state index in [1.165, 1.54) is 6.92 Å². The number of esters is 3. The summed E-state index contributed by atoms with van der Waals surface area (Å²) in [4.78, 5) is 38.6. The molecule has 8 nitrogen and oxygen atoms in total. The highest BCUT2D eigenvalue weighted by atomic mass is 16.6. The lowest BCUT2D eigenvalue weighted by Gasteiger charge is -2.34. The van der Waals surface area contributed by atoms with Crippen molar-refractivity contribution in [3.8, 4) is 0 Å². The van der Waals surface area contributed by atoms with Gasteiger partial charge in [0.15, 0.2) is 0 Å². The highest BCUT2D eigenvalue weighted by Crippen LogP contribution is 2.38. The van der Waals surface area contributed by atoms with Gasteiger partial charge in [-0.1, -0.05) is 55.5 Å². The molecule has 0 saturated carbocycles. The third kappa shape index (κ3) is 7.34. The van der Waals surface area contributed by atoms with Crippen molar-refractivity contribution >= 4 is 39.5 Å². The third-order valence-electron chi connectivity index (χ3n) is 6.90. The van der Waals surface area contributed by atoms with E-state index in [1.54, 1.807) is 20.8 Å². The van der Waals surface area contributed by atoms with Crippen LogP contribution in [0.5, 0.6) is 0 Å². The van der Waals surface area contributed by atoms with Crippen LogP contribution in [0.15, 0.2) is 54.6 Å². The van der Waals surface area contributed by atoms with Crippen LogP contribution in [0, 0.1) is 10.8 Å². The normalized spacial score (nSPS) is 14.8. The molecule has 0 aromatic heterocycles. The molecule has 3 unspecified atom stereocenters. The number of hydrogen-bond donors (Lipinski definition) is 2. The van der Waals surface area contributed by atoms with Gasteiger partial charge in [0.05, 0.1) is 22.5 Å². The molecule has 0 spiro atoms. The summed E-state index contributed by atoms with van der Waals surface area (Å²) < 4.78 is 16.0. The summed E-state index contributed by atoms with van der Waals surface area (Å²) in [6.07, 6.45) is -1.49. The summed E-state index contributed by atoms with van der Waals surface area (Å²) in [5.41, 5.74) is -1.61. The molecule has 39 heavy (non-hydrogen) atoms. The average Bonchev–Trinajstić information content (AvgIpc) is 2.91. The summed E-state index contributed by atoms with van der Waals surface area (Å²) in [6.45, 7) is 7.50.